The van der Waals surface area contributed by atoms with Crippen molar-refractivity contribution in [2.75, 3.05) is 0 Å². The second-order valence-electron chi connectivity index (χ2n) is 21.1. The summed E-state index contributed by atoms with van der Waals surface area (Å²) in [7, 11) is -1.96. The highest BCUT2D eigenvalue weighted by molar-refractivity contribution is 7.43. The number of rotatable bonds is 9. The minimum atomic E-state index is -1.96. The van der Waals surface area contributed by atoms with E-state index < -0.39 is 8.60 Å². The van der Waals surface area contributed by atoms with Crippen LogP contribution in [0.3, 0.4) is 0 Å². The van der Waals surface area contributed by atoms with Crippen LogP contribution >= 0.6 is 8.60 Å². The maximum atomic E-state index is 7.32. The fourth-order valence-electron chi connectivity index (χ4n) is 6.43. The molecule has 0 bridgehead atoms. The van der Waals surface area contributed by atoms with Crippen LogP contribution in [0.15, 0.2) is 36.4 Å². The molecule has 0 N–H and O–H groups in total. The number of benzene rings is 3. The van der Waals surface area contributed by atoms with Crippen molar-refractivity contribution < 1.29 is 13.6 Å². The van der Waals surface area contributed by atoms with E-state index in [1.807, 2.05) is 0 Å². The van der Waals surface area contributed by atoms with Crippen molar-refractivity contribution >= 4 is 8.60 Å². The zero-order chi connectivity index (χ0) is 40.0. The normalized spacial score (nSPS) is 13.5. The molecule has 0 radical (unpaired) electrons. The fourth-order valence-corrected chi connectivity index (χ4v) is 7.63. The maximum Gasteiger partial charge on any atom is 0.530 e. The van der Waals surface area contributed by atoms with Crippen LogP contribution in [0.1, 0.15) is 195 Å². The summed E-state index contributed by atoms with van der Waals surface area (Å²) in [6.07, 6.45) is 2.52. The average Bonchev–Trinajstić information content (AvgIpc) is 2.97. The largest absolute Gasteiger partial charge is 0.530 e. The van der Waals surface area contributed by atoms with Crippen molar-refractivity contribution in [3.8, 4) is 17.2 Å². The van der Waals surface area contributed by atoms with Gasteiger partial charge in [-0.3, -0.25) is 0 Å². The lowest BCUT2D eigenvalue weighted by Crippen LogP contribution is -2.21. The Morgan fingerprint density at radius 2 is 0.558 bits per heavy atom. The van der Waals surface area contributed by atoms with Gasteiger partial charge in [0.05, 0.1) is 0 Å². The Labute approximate surface area is 322 Å². The van der Waals surface area contributed by atoms with Crippen LogP contribution in [0.4, 0.5) is 0 Å². The van der Waals surface area contributed by atoms with Crippen molar-refractivity contribution in [3.63, 3.8) is 0 Å². The molecule has 0 fully saturated rings. The molecule has 0 aliphatic rings. The predicted molar refractivity (Wildman–Crippen MR) is 228 cm³/mol. The Kier molecular flexibility index (Phi) is 12.9. The molecule has 52 heavy (non-hydrogen) atoms. The van der Waals surface area contributed by atoms with E-state index in [-0.39, 0.29) is 32.5 Å². The molecular weight excluding hydrogens is 655 g/mol. The highest BCUT2D eigenvalue weighted by Crippen LogP contribution is 2.53. The SMILES string of the molecule is CCc1cc(C(C)(C)C)cc(C(C)(C)C)c1OP(Oc1c(CC)cc(C(C)(C)C)cc1C(C)(C)C)Oc1c(CC)cc(C(C)(C)C)cc1C(C)(C)C. The summed E-state index contributed by atoms with van der Waals surface area (Å²) in [4.78, 5) is 0. The third-order valence-corrected chi connectivity index (χ3v) is 11.2. The highest BCUT2D eigenvalue weighted by atomic mass is 31.2. The Morgan fingerprint density at radius 1 is 0.346 bits per heavy atom. The van der Waals surface area contributed by atoms with Gasteiger partial charge in [-0.2, -0.15) is 0 Å². The standard InChI is InChI=1S/C48H75O3P/c1-22-31-25-34(43(4,5)6)28-37(46(13,14)15)40(31)49-52(50-41-32(23-2)26-35(44(7,8)9)29-38(41)47(16,17)18)51-42-33(24-3)27-36(45(10,11)12)30-39(42)48(19,20)21/h25-30H,22-24H2,1-21H3. The van der Waals surface area contributed by atoms with Crippen molar-refractivity contribution in [2.24, 2.45) is 0 Å². The quantitative estimate of drug-likeness (QED) is 0.205. The Hall–Kier alpha value is -2.51. The van der Waals surface area contributed by atoms with E-state index in [1.165, 1.54) is 50.1 Å². The van der Waals surface area contributed by atoms with Crippen LogP contribution in [0.5, 0.6) is 17.2 Å². The summed E-state index contributed by atoms with van der Waals surface area (Å²) >= 11 is 0. The third kappa shape index (κ3) is 10.4. The first-order valence-corrected chi connectivity index (χ1v) is 20.9. The van der Waals surface area contributed by atoms with Gasteiger partial charge in [-0.25, -0.2) is 0 Å². The van der Waals surface area contributed by atoms with Crippen molar-refractivity contribution in [2.45, 2.75) is 197 Å². The first-order valence-electron chi connectivity index (χ1n) is 19.8. The van der Waals surface area contributed by atoms with Crippen LogP contribution in [0, 0.1) is 0 Å². The Morgan fingerprint density at radius 3 is 0.712 bits per heavy atom. The third-order valence-electron chi connectivity index (χ3n) is 10.2. The van der Waals surface area contributed by atoms with Crippen molar-refractivity contribution in [1.29, 1.82) is 0 Å². The second-order valence-corrected chi connectivity index (χ2v) is 22.1. The molecule has 0 heterocycles. The lowest BCUT2D eigenvalue weighted by molar-refractivity contribution is 0.367. The van der Waals surface area contributed by atoms with Gasteiger partial charge in [0.25, 0.3) is 0 Å². The molecule has 3 aromatic carbocycles. The zero-order valence-electron chi connectivity index (χ0n) is 37.3. The number of aryl methyl sites for hydroxylation is 3. The van der Waals surface area contributed by atoms with Gasteiger partial charge in [0.2, 0.25) is 0 Å². The molecule has 3 rings (SSSR count). The van der Waals surface area contributed by atoms with Crippen LogP contribution in [-0.4, -0.2) is 0 Å². The van der Waals surface area contributed by atoms with Gasteiger partial charge in [-0.05, 0) is 85.1 Å². The molecule has 0 spiro atoms. The van der Waals surface area contributed by atoms with Gasteiger partial charge in [-0.1, -0.05) is 182 Å². The van der Waals surface area contributed by atoms with Crippen molar-refractivity contribution in [3.05, 3.63) is 86.5 Å². The van der Waals surface area contributed by atoms with E-state index in [0.29, 0.717) is 0 Å². The summed E-state index contributed by atoms with van der Waals surface area (Å²) < 4.78 is 22.0. The minimum Gasteiger partial charge on any atom is -0.408 e. The molecule has 0 saturated carbocycles. The minimum absolute atomic E-state index is 0.000932. The van der Waals surface area contributed by atoms with E-state index in [1.54, 1.807) is 0 Å². The highest BCUT2D eigenvalue weighted by Gasteiger charge is 2.35. The average molecular weight is 731 g/mol. The van der Waals surface area contributed by atoms with E-state index >= 15 is 0 Å². The molecule has 0 aliphatic heterocycles. The molecule has 3 aromatic rings. The topological polar surface area (TPSA) is 27.7 Å². The molecule has 0 unspecified atom stereocenters. The molecule has 0 atom stereocenters. The van der Waals surface area contributed by atoms with E-state index in [0.717, 1.165) is 36.5 Å². The van der Waals surface area contributed by atoms with Gasteiger partial charge in [0, 0.05) is 16.7 Å². The molecule has 4 heteroatoms. The van der Waals surface area contributed by atoms with E-state index in [4.69, 9.17) is 13.6 Å². The molecule has 3 nitrogen and oxygen atoms in total. The van der Waals surface area contributed by atoms with Crippen LogP contribution in [-0.2, 0) is 51.8 Å². The van der Waals surface area contributed by atoms with Crippen LogP contribution in [0.25, 0.3) is 0 Å². The number of hydrogen-bond acceptors (Lipinski definition) is 3. The molecule has 0 aromatic heterocycles. The van der Waals surface area contributed by atoms with E-state index in [2.05, 4.69) is 182 Å². The lowest BCUT2D eigenvalue weighted by atomic mass is 9.78. The molecule has 0 amide bonds. The summed E-state index contributed by atoms with van der Waals surface area (Å²) in [6, 6.07) is 14.1. The number of hydrogen-bond donors (Lipinski definition) is 0. The molecule has 0 saturated heterocycles. The monoisotopic (exact) mass is 731 g/mol. The Bertz CT molecular complexity index is 1500. The first kappa shape index (κ1) is 43.9. The fraction of sp³-hybridized carbons (Fsp3) is 0.625. The molecule has 0 aliphatic carbocycles. The first-order chi connectivity index (χ1) is 23.4. The van der Waals surface area contributed by atoms with Gasteiger partial charge in [0.1, 0.15) is 17.2 Å². The summed E-state index contributed by atoms with van der Waals surface area (Å²) in [5, 5.41) is 0. The van der Waals surface area contributed by atoms with Gasteiger partial charge < -0.3 is 13.6 Å². The van der Waals surface area contributed by atoms with E-state index in [9.17, 15) is 0 Å². The second kappa shape index (κ2) is 15.3. The van der Waals surface area contributed by atoms with Crippen LogP contribution < -0.4 is 13.6 Å². The molecule has 290 valence electrons. The maximum absolute atomic E-state index is 7.32. The zero-order valence-corrected chi connectivity index (χ0v) is 38.2. The smallest absolute Gasteiger partial charge is 0.408 e. The van der Waals surface area contributed by atoms with Crippen LogP contribution in [0.2, 0.25) is 0 Å². The van der Waals surface area contributed by atoms with Gasteiger partial charge in [0.15, 0.2) is 0 Å². The lowest BCUT2D eigenvalue weighted by Gasteiger charge is -2.33. The Balaban J connectivity index is 2.47. The van der Waals surface area contributed by atoms with Gasteiger partial charge in [-0.15, -0.1) is 0 Å². The summed E-state index contributed by atoms with van der Waals surface area (Å²) in [5.74, 6) is 2.66. The van der Waals surface area contributed by atoms with Crippen molar-refractivity contribution in [1.82, 2.24) is 0 Å². The predicted octanol–water partition coefficient (Wildman–Crippen LogP) is 14.9. The molecular formula is C48H75O3P. The summed E-state index contributed by atoms with van der Waals surface area (Å²) in [6.45, 7) is 47.8. The van der Waals surface area contributed by atoms with Gasteiger partial charge >= 0.3 is 8.60 Å². The summed E-state index contributed by atoms with van der Waals surface area (Å²) in [5.41, 5.74) is 10.5.